The van der Waals surface area contributed by atoms with E-state index in [1.54, 1.807) is 7.11 Å². The van der Waals surface area contributed by atoms with Crippen LogP contribution in [0.15, 0.2) is 24.3 Å². The fourth-order valence-corrected chi connectivity index (χ4v) is 1.64. The highest BCUT2D eigenvalue weighted by Gasteiger charge is 2.07. The van der Waals surface area contributed by atoms with E-state index in [0.717, 1.165) is 37.4 Å². The molecule has 0 aromatic heterocycles. The van der Waals surface area contributed by atoms with E-state index in [2.05, 4.69) is 6.07 Å². The SMILES string of the molecule is CCOCCC(N)Cc1ccccc1OC. The van der Waals surface area contributed by atoms with Gasteiger partial charge in [0, 0.05) is 19.3 Å². The molecule has 0 radical (unpaired) electrons. The van der Waals surface area contributed by atoms with E-state index in [4.69, 9.17) is 15.2 Å². The van der Waals surface area contributed by atoms with Crippen molar-refractivity contribution in [3.8, 4) is 5.75 Å². The lowest BCUT2D eigenvalue weighted by Gasteiger charge is -2.13. The molecule has 0 heterocycles. The highest BCUT2D eigenvalue weighted by molar-refractivity contribution is 5.33. The summed E-state index contributed by atoms with van der Waals surface area (Å²) < 4.78 is 10.6. The van der Waals surface area contributed by atoms with Gasteiger partial charge in [-0.15, -0.1) is 0 Å². The first-order valence-electron chi connectivity index (χ1n) is 5.73. The van der Waals surface area contributed by atoms with Gasteiger partial charge in [0.1, 0.15) is 5.75 Å². The minimum Gasteiger partial charge on any atom is -0.496 e. The summed E-state index contributed by atoms with van der Waals surface area (Å²) in [5.41, 5.74) is 7.20. The van der Waals surface area contributed by atoms with Crippen molar-refractivity contribution in [2.45, 2.75) is 25.8 Å². The molecule has 1 atom stereocenters. The van der Waals surface area contributed by atoms with Crippen LogP contribution in [0, 0.1) is 0 Å². The number of methoxy groups -OCH3 is 1. The van der Waals surface area contributed by atoms with Gasteiger partial charge < -0.3 is 15.2 Å². The second-order valence-corrected chi connectivity index (χ2v) is 3.76. The normalized spacial score (nSPS) is 12.4. The minimum atomic E-state index is 0.128. The zero-order chi connectivity index (χ0) is 11.8. The summed E-state index contributed by atoms with van der Waals surface area (Å²) in [5.74, 6) is 0.911. The predicted molar refractivity (Wildman–Crippen MR) is 65.8 cm³/mol. The molecule has 1 aromatic carbocycles. The summed E-state index contributed by atoms with van der Waals surface area (Å²) in [7, 11) is 1.69. The summed E-state index contributed by atoms with van der Waals surface area (Å²) in [6, 6.07) is 8.12. The summed E-state index contributed by atoms with van der Waals surface area (Å²) in [5, 5.41) is 0. The monoisotopic (exact) mass is 223 g/mol. The fraction of sp³-hybridized carbons (Fsp3) is 0.538. The molecule has 0 amide bonds. The van der Waals surface area contributed by atoms with Crippen molar-refractivity contribution in [1.29, 1.82) is 0 Å². The second kappa shape index (κ2) is 7.25. The molecule has 0 aliphatic rings. The van der Waals surface area contributed by atoms with E-state index in [9.17, 15) is 0 Å². The van der Waals surface area contributed by atoms with E-state index >= 15 is 0 Å². The molecule has 90 valence electrons. The number of nitrogens with two attached hydrogens (primary N) is 1. The third-order valence-electron chi connectivity index (χ3n) is 2.51. The minimum absolute atomic E-state index is 0.128. The van der Waals surface area contributed by atoms with Crippen molar-refractivity contribution in [1.82, 2.24) is 0 Å². The van der Waals surface area contributed by atoms with E-state index in [1.807, 2.05) is 25.1 Å². The number of hydrogen-bond donors (Lipinski definition) is 1. The van der Waals surface area contributed by atoms with Gasteiger partial charge in [-0.25, -0.2) is 0 Å². The Morgan fingerprint density at radius 2 is 2.06 bits per heavy atom. The van der Waals surface area contributed by atoms with Crippen LogP contribution in [0.5, 0.6) is 5.75 Å². The van der Waals surface area contributed by atoms with Gasteiger partial charge in [-0.05, 0) is 31.4 Å². The lowest BCUT2D eigenvalue weighted by Crippen LogP contribution is -2.24. The molecule has 0 saturated heterocycles. The Bertz CT molecular complexity index is 302. The van der Waals surface area contributed by atoms with Crippen LogP contribution >= 0.6 is 0 Å². The third-order valence-corrected chi connectivity index (χ3v) is 2.51. The maximum Gasteiger partial charge on any atom is 0.122 e. The third kappa shape index (κ3) is 4.21. The zero-order valence-corrected chi connectivity index (χ0v) is 10.1. The molecule has 0 aliphatic heterocycles. The van der Waals surface area contributed by atoms with Gasteiger partial charge in [-0.2, -0.15) is 0 Å². The molecule has 1 unspecified atom stereocenters. The molecular weight excluding hydrogens is 202 g/mol. The molecule has 0 fully saturated rings. The highest BCUT2D eigenvalue weighted by atomic mass is 16.5. The van der Waals surface area contributed by atoms with Crippen LogP contribution in [0.4, 0.5) is 0 Å². The Balaban J connectivity index is 2.45. The predicted octanol–water partition coefficient (Wildman–Crippen LogP) is 1.99. The van der Waals surface area contributed by atoms with Gasteiger partial charge in [-0.1, -0.05) is 18.2 Å². The van der Waals surface area contributed by atoms with E-state index < -0.39 is 0 Å². The Morgan fingerprint density at radius 1 is 1.31 bits per heavy atom. The maximum absolute atomic E-state index is 6.03. The van der Waals surface area contributed by atoms with Crippen LogP contribution in [-0.4, -0.2) is 26.4 Å². The molecule has 1 aromatic rings. The van der Waals surface area contributed by atoms with Gasteiger partial charge in [0.15, 0.2) is 0 Å². The van der Waals surface area contributed by atoms with Gasteiger partial charge in [0.2, 0.25) is 0 Å². The fourth-order valence-electron chi connectivity index (χ4n) is 1.64. The molecule has 0 saturated carbocycles. The second-order valence-electron chi connectivity index (χ2n) is 3.76. The first-order chi connectivity index (χ1) is 7.77. The lowest BCUT2D eigenvalue weighted by atomic mass is 10.0. The smallest absolute Gasteiger partial charge is 0.122 e. The molecule has 1 rings (SSSR count). The highest BCUT2D eigenvalue weighted by Crippen LogP contribution is 2.19. The molecule has 2 N–H and O–H groups in total. The number of hydrogen-bond acceptors (Lipinski definition) is 3. The van der Waals surface area contributed by atoms with Gasteiger partial charge >= 0.3 is 0 Å². The summed E-state index contributed by atoms with van der Waals surface area (Å²) in [6.45, 7) is 3.47. The average Bonchev–Trinajstić information content (AvgIpc) is 2.30. The Morgan fingerprint density at radius 3 is 2.75 bits per heavy atom. The van der Waals surface area contributed by atoms with Crippen LogP contribution in [0.2, 0.25) is 0 Å². The van der Waals surface area contributed by atoms with Crippen LogP contribution in [-0.2, 0) is 11.2 Å². The molecule has 0 spiro atoms. The molecule has 3 nitrogen and oxygen atoms in total. The number of benzene rings is 1. The van der Waals surface area contributed by atoms with Gasteiger partial charge in [0.05, 0.1) is 7.11 Å². The van der Waals surface area contributed by atoms with Crippen molar-refractivity contribution < 1.29 is 9.47 Å². The van der Waals surface area contributed by atoms with Crippen molar-refractivity contribution in [3.63, 3.8) is 0 Å². The summed E-state index contributed by atoms with van der Waals surface area (Å²) in [4.78, 5) is 0. The van der Waals surface area contributed by atoms with Crippen molar-refractivity contribution >= 4 is 0 Å². The molecule has 16 heavy (non-hydrogen) atoms. The maximum atomic E-state index is 6.03. The molecule has 0 aliphatic carbocycles. The molecular formula is C13H21NO2. The van der Waals surface area contributed by atoms with E-state index in [-0.39, 0.29) is 6.04 Å². The average molecular weight is 223 g/mol. The van der Waals surface area contributed by atoms with Crippen molar-refractivity contribution in [2.75, 3.05) is 20.3 Å². The van der Waals surface area contributed by atoms with Crippen LogP contribution in [0.25, 0.3) is 0 Å². The number of ether oxygens (including phenoxy) is 2. The zero-order valence-electron chi connectivity index (χ0n) is 10.1. The number of para-hydroxylation sites is 1. The molecule has 3 heteroatoms. The van der Waals surface area contributed by atoms with Crippen molar-refractivity contribution in [3.05, 3.63) is 29.8 Å². The molecule has 0 bridgehead atoms. The van der Waals surface area contributed by atoms with Gasteiger partial charge in [-0.3, -0.25) is 0 Å². The Labute approximate surface area is 97.6 Å². The van der Waals surface area contributed by atoms with Crippen molar-refractivity contribution in [2.24, 2.45) is 5.73 Å². The van der Waals surface area contributed by atoms with E-state index in [0.29, 0.717) is 0 Å². The van der Waals surface area contributed by atoms with Gasteiger partial charge in [0.25, 0.3) is 0 Å². The van der Waals surface area contributed by atoms with Crippen LogP contribution < -0.4 is 10.5 Å². The van der Waals surface area contributed by atoms with Crippen LogP contribution in [0.1, 0.15) is 18.9 Å². The van der Waals surface area contributed by atoms with E-state index in [1.165, 1.54) is 0 Å². The number of rotatable bonds is 7. The summed E-state index contributed by atoms with van der Waals surface area (Å²) in [6.07, 6.45) is 1.71. The lowest BCUT2D eigenvalue weighted by molar-refractivity contribution is 0.140. The summed E-state index contributed by atoms with van der Waals surface area (Å²) >= 11 is 0. The first-order valence-corrected chi connectivity index (χ1v) is 5.73. The standard InChI is InChI=1S/C13H21NO2/c1-3-16-9-8-12(14)10-11-6-4-5-7-13(11)15-2/h4-7,12H,3,8-10,14H2,1-2H3. The topological polar surface area (TPSA) is 44.5 Å². The largest absolute Gasteiger partial charge is 0.496 e. The Hall–Kier alpha value is -1.06. The Kier molecular flexibility index (Phi) is 5.90. The van der Waals surface area contributed by atoms with Crippen LogP contribution in [0.3, 0.4) is 0 Å². The first kappa shape index (κ1) is 13.0. The quantitative estimate of drug-likeness (QED) is 0.719.